The molecule has 66 valence electrons. The summed E-state index contributed by atoms with van der Waals surface area (Å²) in [4.78, 5) is 0. The van der Waals surface area contributed by atoms with Crippen molar-refractivity contribution in [2.45, 2.75) is 6.61 Å². The molecule has 1 nitrogen and oxygen atoms in total. The van der Waals surface area contributed by atoms with E-state index in [9.17, 15) is 0 Å². The van der Waals surface area contributed by atoms with E-state index in [1.165, 1.54) is 5.39 Å². The van der Waals surface area contributed by atoms with E-state index in [0.29, 0.717) is 0 Å². The molecule has 0 saturated carbocycles. The van der Waals surface area contributed by atoms with Crippen molar-refractivity contribution in [2.24, 2.45) is 0 Å². The Hall–Kier alpha value is -0.860. The molecule has 0 aliphatic carbocycles. The van der Waals surface area contributed by atoms with Gasteiger partial charge in [-0.15, -0.1) is 0 Å². The van der Waals surface area contributed by atoms with E-state index in [2.05, 4.69) is 15.9 Å². The highest BCUT2D eigenvalue weighted by Gasteiger charge is 1.98. The van der Waals surface area contributed by atoms with Gasteiger partial charge in [-0.1, -0.05) is 40.2 Å². The van der Waals surface area contributed by atoms with Gasteiger partial charge >= 0.3 is 0 Å². The molecular weight excluding hydrogens is 228 g/mol. The second-order valence-electron chi connectivity index (χ2n) is 2.95. The monoisotopic (exact) mass is 236 g/mol. The number of hydrogen-bond acceptors (Lipinski definition) is 1. The average Bonchev–Trinajstić information content (AvgIpc) is 2.18. The molecule has 0 atom stereocenters. The molecule has 0 unspecified atom stereocenters. The first kappa shape index (κ1) is 8.73. The number of rotatable bonds is 1. The van der Waals surface area contributed by atoms with E-state index >= 15 is 0 Å². The molecule has 2 rings (SSSR count). The number of aliphatic hydroxyl groups excluding tert-OH is 1. The fourth-order valence-corrected chi connectivity index (χ4v) is 1.91. The zero-order valence-electron chi connectivity index (χ0n) is 7.00. The third-order valence-electron chi connectivity index (χ3n) is 2.07. The maximum atomic E-state index is 8.95. The molecule has 1 N–H and O–H groups in total. The van der Waals surface area contributed by atoms with Gasteiger partial charge in [-0.05, 0) is 28.5 Å². The molecule has 0 saturated heterocycles. The zero-order valence-corrected chi connectivity index (χ0v) is 8.58. The van der Waals surface area contributed by atoms with Gasteiger partial charge in [-0.3, -0.25) is 0 Å². The number of fused-ring (bicyclic) bond motifs is 1. The van der Waals surface area contributed by atoms with Crippen LogP contribution in [0.5, 0.6) is 0 Å². The topological polar surface area (TPSA) is 20.2 Å². The minimum atomic E-state index is 0.0997. The van der Waals surface area contributed by atoms with E-state index in [0.717, 1.165) is 15.4 Å². The van der Waals surface area contributed by atoms with Crippen LogP contribution in [0, 0.1) is 0 Å². The third kappa shape index (κ3) is 1.60. The summed E-state index contributed by atoms with van der Waals surface area (Å²) in [5.41, 5.74) is 0.950. The van der Waals surface area contributed by atoms with Gasteiger partial charge in [0.25, 0.3) is 0 Å². The zero-order chi connectivity index (χ0) is 9.26. The van der Waals surface area contributed by atoms with Gasteiger partial charge in [0.2, 0.25) is 0 Å². The van der Waals surface area contributed by atoms with Crippen LogP contribution in [0.2, 0.25) is 0 Å². The van der Waals surface area contributed by atoms with Gasteiger partial charge in [0, 0.05) is 4.47 Å². The Labute approximate surface area is 85.1 Å². The van der Waals surface area contributed by atoms with Gasteiger partial charge in [-0.2, -0.15) is 0 Å². The quantitative estimate of drug-likeness (QED) is 0.807. The normalized spacial score (nSPS) is 10.6. The molecule has 0 bridgehead atoms. The summed E-state index contributed by atoms with van der Waals surface area (Å²) in [6.45, 7) is 0.0997. The summed E-state index contributed by atoms with van der Waals surface area (Å²) in [6, 6.07) is 12.0. The minimum Gasteiger partial charge on any atom is -0.392 e. The van der Waals surface area contributed by atoms with Gasteiger partial charge in [0.15, 0.2) is 0 Å². The number of halogens is 1. The van der Waals surface area contributed by atoms with Crippen LogP contribution in [-0.4, -0.2) is 5.11 Å². The fourth-order valence-electron chi connectivity index (χ4n) is 1.39. The first-order valence-corrected chi connectivity index (χ1v) is 4.88. The molecule has 0 spiro atoms. The minimum absolute atomic E-state index is 0.0997. The Balaban J connectivity index is 2.72. The third-order valence-corrected chi connectivity index (χ3v) is 2.77. The van der Waals surface area contributed by atoms with Gasteiger partial charge < -0.3 is 5.11 Å². The highest BCUT2D eigenvalue weighted by Crippen LogP contribution is 2.24. The van der Waals surface area contributed by atoms with Gasteiger partial charge in [0.1, 0.15) is 0 Å². The molecule has 0 aliphatic heterocycles. The van der Waals surface area contributed by atoms with Gasteiger partial charge in [-0.25, -0.2) is 0 Å². The van der Waals surface area contributed by atoms with Crippen molar-refractivity contribution >= 4 is 26.7 Å². The number of benzene rings is 2. The van der Waals surface area contributed by atoms with E-state index in [1.54, 1.807) is 0 Å². The van der Waals surface area contributed by atoms with Gasteiger partial charge in [0.05, 0.1) is 6.61 Å². The van der Waals surface area contributed by atoms with Crippen LogP contribution in [0.15, 0.2) is 40.9 Å². The first-order chi connectivity index (χ1) is 6.31. The molecule has 0 fully saturated rings. The summed E-state index contributed by atoms with van der Waals surface area (Å²) in [6.07, 6.45) is 0. The smallest absolute Gasteiger partial charge is 0.0682 e. The number of hydrogen-bond donors (Lipinski definition) is 1. The molecule has 2 heteroatoms. The lowest BCUT2D eigenvalue weighted by atomic mass is 10.1. The summed E-state index contributed by atoms with van der Waals surface area (Å²) in [5.74, 6) is 0. The SMILES string of the molecule is OCc1ccc2c(Br)cccc2c1. The largest absolute Gasteiger partial charge is 0.392 e. The van der Waals surface area contributed by atoms with Crippen molar-refractivity contribution in [1.29, 1.82) is 0 Å². The molecule has 0 aromatic heterocycles. The van der Waals surface area contributed by atoms with Crippen molar-refractivity contribution in [3.8, 4) is 0 Å². The van der Waals surface area contributed by atoms with Crippen molar-refractivity contribution < 1.29 is 5.11 Å². The van der Waals surface area contributed by atoms with Crippen molar-refractivity contribution in [3.05, 3.63) is 46.4 Å². The van der Waals surface area contributed by atoms with Crippen LogP contribution in [0.1, 0.15) is 5.56 Å². The Morgan fingerprint density at radius 3 is 2.77 bits per heavy atom. The lowest BCUT2D eigenvalue weighted by Gasteiger charge is -2.02. The van der Waals surface area contributed by atoms with Crippen LogP contribution in [0.25, 0.3) is 10.8 Å². The molecule has 2 aromatic carbocycles. The molecule has 0 amide bonds. The molecule has 0 radical (unpaired) electrons. The maximum absolute atomic E-state index is 8.95. The van der Waals surface area contributed by atoms with Crippen molar-refractivity contribution in [2.75, 3.05) is 0 Å². The Bertz CT molecular complexity index is 437. The lowest BCUT2D eigenvalue weighted by Crippen LogP contribution is -1.82. The van der Waals surface area contributed by atoms with Crippen LogP contribution in [-0.2, 0) is 6.61 Å². The predicted molar refractivity (Wildman–Crippen MR) is 57.6 cm³/mol. The molecule has 0 heterocycles. The standard InChI is InChI=1S/C11H9BrO/c12-11-3-1-2-9-6-8(7-13)4-5-10(9)11/h1-6,13H,7H2. The summed E-state index contributed by atoms with van der Waals surface area (Å²) < 4.78 is 1.09. The van der Waals surface area contributed by atoms with Crippen LogP contribution in [0.3, 0.4) is 0 Å². The van der Waals surface area contributed by atoms with E-state index in [-0.39, 0.29) is 6.61 Å². The van der Waals surface area contributed by atoms with Crippen molar-refractivity contribution in [1.82, 2.24) is 0 Å². The molecule has 2 aromatic rings. The first-order valence-electron chi connectivity index (χ1n) is 4.09. The highest BCUT2D eigenvalue weighted by molar-refractivity contribution is 9.10. The summed E-state index contributed by atoms with van der Waals surface area (Å²) >= 11 is 3.48. The van der Waals surface area contributed by atoms with Crippen LogP contribution in [0.4, 0.5) is 0 Å². The average molecular weight is 237 g/mol. The second kappa shape index (κ2) is 3.48. The van der Waals surface area contributed by atoms with E-state index in [1.807, 2.05) is 36.4 Å². The Kier molecular flexibility index (Phi) is 2.34. The Morgan fingerprint density at radius 2 is 2.00 bits per heavy atom. The van der Waals surface area contributed by atoms with E-state index in [4.69, 9.17) is 5.11 Å². The second-order valence-corrected chi connectivity index (χ2v) is 3.81. The van der Waals surface area contributed by atoms with Crippen LogP contribution >= 0.6 is 15.9 Å². The summed E-state index contributed by atoms with van der Waals surface area (Å²) in [7, 11) is 0. The highest BCUT2D eigenvalue weighted by atomic mass is 79.9. The fraction of sp³-hybridized carbons (Fsp3) is 0.0909. The predicted octanol–water partition coefficient (Wildman–Crippen LogP) is 3.09. The van der Waals surface area contributed by atoms with Crippen LogP contribution < -0.4 is 0 Å². The lowest BCUT2D eigenvalue weighted by molar-refractivity contribution is 0.282. The summed E-state index contributed by atoms with van der Waals surface area (Å²) in [5, 5.41) is 11.3. The molecule has 13 heavy (non-hydrogen) atoms. The van der Waals surface area contributed by atoms with E-state index < -0.39 is 0 Å². The molecular formula is C11H9BrO. The maximum Gasteiger partial charge on any atom is 0.0682 e. The molecule has 0 aliphatic rings. The van der Waals surface area contributed by atoms with Crippen molar-refractivity contribution in [3.63, 3.8) is 0 Å². The Morgan fingerprint density at radius 1 is 1.15 bits per heavy atom. The number of aliphatic hydroxyl groups is 1.